The van der Waals surface area contributed by atoms with Crippen LogP contribution in [0.1, 0.15) is 0 Å². The van der Waals surface area contributed by atoms with Crippen LogP contribution >= 0.6 is 0 Å². The monoisotopic (exact) mass is 274 g/mol. The van der Waals surface area contributed by atoms with Gasteiger partial charge in [-0.25, -0.2) is 4.98 Å². The Labute approximate surface area is 107 Å². The molecular formula is C11H13F3N4O. The van der Waals surface area contributed by atoms with Crippen LogP contribution in [0.4, 0.5) is 24.8 Å². The van der Waals surface area contributed by atoms with Crippen molar-refractivity contribution in [2.24, 2.45) is 0 Å². The lowest BCUT2D eigenvalue weighted by atomic mass is 10.3. The molecule has 5 nitrogen and oxygen atoms in total. The number of halogens is 3. The van der Waals surface area contributed by atoms with Gasteiger partial charge in [0, 0.05) is 12.2 Å². The van der Waals surface area contributed by atoms with Gasteiger partial charge in [-0.3, -0.25) is 0 Å². The maximum Gasteiger partial charge on any atom is 0.411 e. The smallest absolute Gasteiger partial charge is 0.399 e. The molecule has 0 atom stereocenters. The van der Waals surface area contributed by atoms with E-state index in [1.807, 2.05) is 0 Å². The number of alkyl halides is 3. The van der Waals surface area contributed by atoms with Crippen molar-refractivity contribution in [1.82, 2.24) is 9.97 Å². The Morgan fingerprint density at radius 1 is 1.37 bits per heavy atom. The fourth-order valence-electron chi connectivity index (χ4n) is 1.54. The number of H-pyrrole nitrogens is 1. The molecule has 1 aromatic heterocycles. The van der Waals surface area contributed by atoms with Gasteiger partial charge in [0.25, 0.3) is 0 Å². The van der Waals surface area contributed by atoms with Crippen LogP contribution in [-0.2, 0) is 4.74 Å². The first kappa shape index (κ1) is 13.5. The first-order chi connectivity index (χ1) is 8.94. The largest absolute Gasteiger partial charge is 0.411 e. The van der Waals surface area contributed by atoms with Crippen LogP contribution in [0.3, 0.4) is 0 Å². The number of imidazole rings is 1. The molecule has 0 radical (unpaired) electrons. The Balaban J connectivity index is 1.82. The number of anilines is 2. The number of rotatable bonds is 5. The molecule has 0 fully saturated rings. The van der Waals surface area contributed by atoms with Gasteiger partial charge < -0.3 is 20.8 Å². The molecule has 19 heavy (non-hydrogen) atoms. The molecule has 0 aliphatic carbocycles. The molecule has 1 aromatic carbocycles. The normalized spacial score (nSPS) is 11.9. The number of ether oxygens (including phenoxy) is 1. The summed E-state index contributed by atoms with van der Waals surface area (Å²) in [6, 6.07) is 5.21. The predicted molar refractivity (Wildman–Crippen MR) is 65.9 cm³/mol. The van der Waals surface area contributed by atoms with Gasteiger partial charge in [-0.05, 0) is 18.2 Å². The van der Waals surface area contributed by atoms with Crippen molar-refractivity contribution in [3.63, 3.8) is 0 Å². The number of nitrogens with zero attached hydrogens (tertiary/aromatic N) is 1. The van der Waals surface area contributed by atoms with Gasteiger partial charge in [0.1, 0.15) is 6.61 Å². The number of hydrogen-bond donors (Lipinski definition) is 3. The number of hydrogen-bond acceptors (Lipinski definition) is 4. The van der Waals surface area contributed by atoms with Crippen molar-refractivity contribution >= 4 is 22.7 Å². The van der Waals surface area contributed by atoms with Gasteiger partial charge in [-0.15, -0.1) is 0 Å². The molecule has 8 heteroatoms. The lowest BCUT2D eigenvalue weighted by Crippen LogP contribution is -2.20. The Kier molecular flexibility index (Phi) is 3.79. The molecule has 0 saturated carbocycles. The molecule has 0 saturated heterocycles. The minimum Gasteiger partial charge on any atom is -0.399 e. The Bertz CT molecular complexity index is 552. The minimum atomic E-state index is -4.29. The van der Waals surface area contributed by atoms with Gasteiger partial charge in [0.05, 0.1) is 17.6 Å². The molecule has 4 N–H and O–H groups in total. The van der Waals surface area contributed by atoms with E-state index in [0.717, 1.165) is 11.0 Å². The summed E-state index contributed by atoms with van der Waals surface area (Å²) in [6.45, 7) is -1.07. The van der Waals surface area contributed by atoms with E-state index in [0.29, 0.717) is 11.6 Å². The third kappa shape index (κ3) is 4.02. The minimum absolute atomic E-state index is 0.0569. The Morgan fingerprint density at radius 2 is 2.16 bits per heavy atom. The summed E-state index contributed by atoms with van der Waals surface area (Å²) in [7, 11) is 0. The van der Waals surface area contributed by atoms with Crippen LogP contribution in [0.5, 0.6) is 0 Å². The molecular weight excluding hydrogens is 261 g/mol. The molecule has 0 aliphatic rings. The highest BCUT2D eigenvalue weighted by Gasteiger charge is 2.27. The number of fused-ring (bicyclic) bond motifs is 1. The van der Waals surface area contributed by atoms with Gasteiger partial charge in [-0.1, -0.05) is 0 Å². The molecule has 104 valence electrons. The zero-order valence-electron chi connectivity index (χ0n) is 9.92. The highest BCUT2D eigenvalue weighted by Crippen LogP contribution is 2.17. The van der Waals surface area contributed by atoms with E-state index in [2.05, 4.69) is 20.0 Å². The lowest BCUT2D eigenvalue weighted by molar-refractivity contribution is -0.172. The molecule has 0 bridgehead atoms. The summed E-state index contributed by atoms with van der Waals surface area (Å²) >= 11 is 0. The molecule has 0 aliphatic heterocycles. The highest BCUT2D eigenvalue weighted by molar-refractivity contribution is 5.80. The van der Waals surface area contributed by atoms with E-state index < -0.39 is 12.8 Å². The number of nitrogens with two attached hydrogens (primary N) is 1. The molecule has 0 amide bonds. The Hall–Kier alpha value is -1.96. The average molecular weight is 274 g/mol. The van der Waals surface area contributed by atoms with Crippen LogP contribution in [0.2, 0.25) is 0 Å². The fraction of sp³-hybridized carbons (Fsp3) is 0.364. The third-order valence-electron chi connectivity index (χ3n) is 2.31. The van der Waals surface area contributed by atoms with Crippen molar-refractivity contribution in [2.75, 3.05) is 30.8 Å². The summed E-state index contributed by atoms with van der Waals surface area (Å²) in [4.78, 5) is 7.16. The van der Waals surface area contributed by atoms with Crippen LogP contribution in [0.15, 0.2) is 18.2 Å². The topological polar surface area (TPSA) is 76.0 Å². The highest BCUT2D eigenvalue weighted by atomic mass is 19.4. The van der Waals surface area contributed by atoms with Crippen molar-refractivity contribution < 1.29 is 17.9 Å². The van der Waals surface area contributed by atoms with Gasteiger partial charge >= 0.3 is 6.18 Å². The SMILES string of the molecule is Nc1ccc2nc(NCCOCC(F)(F)F)[nH]c2c1. The number of nitrogens with one attached hydrogen (secondary N) is 2. The summed E-state index contributed by atoms with van der Waals surface area (Å²) in [6.07, 6.45) is -4.29. The average Bonchev–Trinajstić information content (AvgIpc) is 2.68. The van der Waals surface area contributed by atoms with Crippen molar-refractivity contribution in [2.45, 2.75) is 6.18 Å². The molecule has 0 unspecified atom stereocenters. The van der Waals surface area contributed by atoms with E-state index in [9.17, 15) is 13.2 Å². The first-order valence-electron chi connectivity index (χ1n) is 5.58. The first-order valence-corrected chi connectivity index (χ1v) is 5.58. The summed E-state index contributed by atoms with van der Waals surface area (Å²) in [5, 5.41) is 2.84. The molecule has 2 aromatic rings. The fourth-order valence-corrected chi connectivity index (χ4v) is 1.54. The second-order valence-electron chi connectivity index (χ2n) is 3.96. The number of aromatic nitrogens is 2. The van der Waals surface area contributed by atoms with Crippen molar-refractivity contribution in [3.8, 4) is 0 Å². The second-order valence-corrected chi connectivity index (χ2v) is 3.96. The quantitative estimate of drug-likeness (QED) is 0.576. The summed E-state index contributed by atoms with van der Waals surface area (Å²) in [5.41, 5.74) is 7.72. The maximum absolute atomic E-state index is 11.8. The van der Waals surface area contributed by atoms with Crippen LogP contribution in [0.25, 0.3) is 11.0 Å². The Morgan fingerprint density at radius 3 is 2.89 bits per heavy atom. The van der Waals surface area contributed by atoms with Gasteiger partial charge in [-0.2, -0.15) is 13.2 Å². The lowest BCUT2D eigenvalue weighted by Gasteiger charge is -2.07. The van der Waals surface area contributed by atoms with E-state index in [1.54, 1.807) is 18.2 Å². The van der Waals surface area contributed by atoms with Gasteiger partial charge in [0.15, 0.2) is 0 Å². The van der Waals surface area contributed by atoms with Crippen LogP contribution in [-0.4, -0.2) is 35.9 Å². The standard InChI is InChI=1S/C11H13F3N4O/c12-11(13,14)6-19-4-3-16-10-17-8-2-1-7(15)5-9(8)18-10/h1-2,5H,3-4,6,15H2,(H2,16,17,18). The number of benzene rings is 1. The zero-order chi connectivity index (χ0) is 13.9. The van der Waals surface area contributed by atoms with E-state index >= 15 is 0 Å². The van der Waals surface area contributed by atoms with Gasteiger partial charge in [0.2, 0.25) is 5.95 Å². The van der Waals surface area contributed by atoms with Crippen molar-refractivity contribution in [3.05, 3.63) is 18.2 Å². The number of aromatic amines is 1. The summed E-state index contributed by atoms with van der Waals surface area (Å²) in [5.74, 6) is 0.469. The van der Waals surface area contributed by atoms with E-state index in [-0.39, 0.29) is 13.2 Å². The third-order valence-corrected chi connectivity index (χ3v) is 2.31. The van der Waals surface area contributed by atoms with Crippen LogP contribution < -0.4 is 11.1 Å². The van der Waals surface area contributed by atoms with Crippen molar-refractivity contribution in [1.29, 1.82) is 0 Å². The molecule has 1 heterocycles. The number of nitrogen functional groups attached to an aromatic ring is 1. The molecule has 2 rings (SSSR count). The zero-order valence-corrected chi connectivity index (χ0v) is 9.92. The van der Waals surface area contributed by atoms with Crippen LogP contribution in [0, 0.1) is 0 Å². The van der Waals surface area contributed by atoms with E-state index in [4.69, 9.17) is 5.73 Å². The molecule has 0 spiro atoms. The second kappa shape index (κ2) is 5.35. The maximum atomic E-state index is 11.8. The summed E-state index contributed by atoms with van der Waals surface area (Å²) < 4.78 is 39.9. The predicted octanol–water partition coefficient (Wildman–Crippen LogP) is 2.14. The van der Waals surface area contributed by atoms with E-state index in [1.165, 1.54) is 0 Å².